The lowest BCUT2D eigenvalue weighted by molar-refractivity contribution is -0.139. The Labute approximate surface area is 106 Å². The molecule has 1 rings (SSSR count). The van der Waals surface area contributed by atoms with Crippen molar-refractivity contribution in [1.82, 2.24) is 0 Å². The maximum absolute atomic E-state index is 10.9. The van der Waals surface area contributed by atoms with Crippen molar-refractivity contribution in [3.8, 4) is 17.6 Å². The van der Waals surface area contributed by atoms with Crippen LogP contribution in [-0.4, -0.2) is 26.0 Å². The van der Waals surface area contributed by atoms with Gasteiger partial charge in [-0.05, 0) is 25.1 Å². The zero-order chi connectivity index (χ0) is 13.4. The predicted octanol–water partition coefficient (Wildman–Crippen LogP) is 1.81. The molecule has 0 N–H and O–H groups in total. The first-order valence-corrected chi connectivity index (χ1v) is 5.49. The summed E-state index contributed by atoms with van der Waals surface area (Å²) in [5.41, 5.74) is 1.10. The predicted molar refractivity (Wildman–Crippen MR) is 66.5 cm³/mol. The molecule has 0 atom stereocenters. The minimum absolute atomic E-state index is 0.0279. The number of carbonyl (C=O) groups is 2. The van der Waals surface area contributed by atoms with E-state index in [9.17, 15) is 9.59 Å². The van der Waals surface area contributed by atoms with Crippen molar-refractivity contribution in [2.45, 2.75) is 13.3 Å². The van der Waals surface area contributed by atoms with Crippen LogP contribution in [0.1, 0.15) is 29.3 Å². The Kier molecular flexibility index (Phi) is 5.46. The quantitative estimate of drug-likeness (QED) is 0.462. The first-order valence-electron chi connectivity index (χ1n) is 5.49. The molecule has 0 fully saturated rings. The Morgan fingerprint density at radius 1 is 1.44 bits per heavy atom. The van der Waals surface area contributed by atoms with Crippen LogP contribution in [0.25, 0.3) is 0 Å². The van der Waals surface area contributed by atoms with Crippen molar-refractivity contribution in [3.05, 3.63) is 29.3 Å². The highest BCUT2D eigenvalue weighted by atomic mass is 16.5. The third kappa shape index (κ3) is 3.95. The molecule has 0 unspecified atom stereocenters. The standard InChI is InChI=1S/C14H14O4/c1-3-18-13-8-7-11(9-12(13)10-15)5-4-6-14(16)17-2/h7-10H,3,6H2,1-2H3. The molecular weight excluding hydrogens is 232 g/mol. The minimum Gasteiger partial charge on any atom is -0.493 e. The van der Waals surface area contributed by atoms with Gasteiger partial charge in [0.15, 0.2) is 6.29 Å². The molecule has 1 aromatic carbocycles. The summed E-state index contributed by atoms with van der Waals surface area (Å²) in [6, 6.07) is 5.06. The van der Waals surface area contributed by atoms with Gasteiger partial charge in [0.05, 0.1) is 19.3 Å². The van der Waals surface area contributed by atoms with E-state index < -0.39 is 0 Å². The van der Waals surface area contributed by atoms with E-state index in [-0.39, 0.29) is 12.4 Å². The highest BCUT2D eigenvalue weighted by Crippen LogP contribution is 2.17. The molecular formula is C14H14O4. The number of ether oxygens (including phenoxy) is 2. The summed E-state index contributed by atoms with van der Waals surface area (Å²) in [6.45, 7) is 2.34. The smallest absolute Gasteiger partial charge is 0.317 e. The van der Waals surface area contributed by atoms with Gasteiger partial charge in [0.2, 0.25) is 0 Å². The summed E-state index contributed by atoms with van der Waals surface area (Å²) >= 11 is 0. The van der Waals surface area contributed by atoms with Gasteiger partial charge in [0.25, 0.3) is 0 Å². The highest BCUT2D eigenvalue weighted by molar-refractivity contribution is 5.80. The van der Waals surface area contributed by atoms with Crippen LogP contribution in [0.5, 0.6) is 5.75 Å². The summed E-state index contributed by atoms with van der Waals surface area (Å²) in [7, 11) is 1.31. The van der Waals surface area contributed by atoms with E-state index in [2.05, 4.69) is 16.6 Å². The fourth-order valence-electron chi connectivity index (χ4n) is 1.30. The zero-order valence-electron chi connectivity index (χ0n) is 10.4. The van der Waals surface area contributed by atoms with Gasteiger partial charge in [-0.15, -0.1) is 0 Å². The summed E-state index contributed by atoms with van der Waals surface area (Å²) in [5, 5.41) is 0. The number of benzene rings is 1. The van der Waals surface area contributed by atoms with E-state index >= 15 is 0 Å². The van der Waals surface area contributed by atoms with E-state index in [0.717, 1.165) is 6.29 Å². The lowest BCUT2D eigenvalue weighted by atomic mass is 10.1. The SMILES string of the molecule is CCOc1ccc(C#CCC(=O)OC)cc1C=O. The van der Waals surface area contributed by atoms with Crippen molar-refractivity contribution < 1.29 is 19.1 Å². The highest BCUT2D eigenvalue weighted by Gasteiger charge is 2.02. The van der Waals surface area contributed by atoms with Gasteiger partial charge in [-0.3, -0.25) is 9.59 Å². The van der Waals surface area contributed by atoms with Crippen LogP contribution in [0.4, 0.5) is 0 Å². The lowest BCUT2D eigenvalue weighted by Gasteiger charge is -2.05. The van der Waals surface area contributed by atoms with Crippen LogP contribution < -0.4 is 4.74 Å². The Bertz CT molecular complexity index is 494. The van der Waals surface area contributed by atoms with Crippen LogP contribution in [-0.2, 0) is 9.53 Å². The molecule has 4 heteroatoms. The van der Waals surface area contributed by atoms with Crippen molar-refractivity contribution in [2.24, 2.45) is 0 Å². The number of carbonyl (C=O) groups excluding carboxylic acids is 2. The average molecular weight is 246 g/mol. The number of esters is 1. The lowest BCUT2D eigenvalue weighted by Crippen LogP contribution is -1.97. The van der Waals surface area contributed by atoms with Gasteiger partial charge in [0, 0.05) is 5.56 Å². The van der Waals surface area contributed by atoms with Crippen LogP contribution >= 0.6 is 0 Å². The fraction of sp³-hybridized carbons (Fsp3) is 0.286. The molecule has 0 aliphatic rings. The number of hydrogen-bond acceptors (Lipinski definition) is 4. The third-order valence-electron chi connectivity index (χ3n) is 2.13. The molecule has 4 nitrogen and oxygen atoms in total. The third-order valence-corrected chi connectivity index (χ3v) is 2.13. The number of hydrogen-bond donors (Lipinski definition) is 0. The van der Waals surface area contributed by atoms with Crippen LogP contribution in [0.15, 0.2) is 18.2 Å². The van der Waals surface area contributed by atoms with Gasteiger partial charge in [-0.25, -0.2) is 0 Å². The summed E-state index contributed by atoms with van der Waals surface area (Å²) in [5.74, 6) is 5.61. The summed E-state index contributed by atoms with van der Waals surface area (Å²) < 4.78 is 9.76. The molecule has 0 bridgehead atoms. The van der Waals surface area contributed by atoms with Crippen LogP contribution in [0, 0.1) is 11.8 Å². The molecule has 18 heavy (non-hydrogen) atoms. The summed E-state index contributed by atoms with van der Waals surface area (Å²) in [4.78, 5) is 21.7. The molecule has 0 amide bonds. The van der Waals surface area contributed by atoms with Crippen LogP contribution in [0.3, 0.4) is 0 Å². The summed E-state index contributed by atoms with van der Waals surface area (Å²) in [6.07, 6.45) is 0.747. The monoisotopic (exact) mass is 246 g/mol. The van der Waals surface area contributed by atoms with E-state index in [4.69, 9.17) is 4.74 Å². The Morgan fingerprint density at radius 2 is 2.22 bits per heavy atom. The molecule has 0 heterocycles. The molecule has 0 aliphatic carbocycles. The van der Waals surface area contributed by atoms with Crippen LogP contribution in [0.2, 0.25) is 0 Å². The molecule has 0 spiro atoms. The molecule has 0 radical (unpaired) electrons. The number of rotatable bonds is 4. The van der Waals surface area contributed by atoms with Crippen molar-refractivity contribution >= 4 is 12.3 Å². The van der Waals surface area contributed by atoms with Crippen molar-refractivity contribution in [1.29, 1.82) is 0 Å². The molecule has 1 aromatic rings. The zero-order valence-corrected chi connectivity index (χ0v) is 10.4. The molecule has 94 valence electrons. The first kappa shape index (κ1) is 13.8. The fourth-order valence-corrected chi connectivity index (χ4v) is 1.30. The molecule has 0 aliphatic heterocycles. The largest absolute Gasteiger partial charge is 0.493 e. The van der Waals surface area contributed by atoms with Gasteiger partial charge in [-0.1, -0.05) is 11.8 Å². The molecule has 0 aromatic heterocycles. The van der Waals surface area contributed by atoms with E-state index in [0.29, 0.717) is 23.5 Å². The normalized spacial score (nSPS) is 9.00. The van der Waals surface area contributed by atoms with E-state index in [1.165, 1.54) is 7.11 Å². The number of aldehydes is 1. The molecule has 0 saturated heterocycles. The second-order valence-corrected chi connectivity index (χ2v) is 3.36. The second-order valence-electron chi connectivity index (χ2n) is 3.36. The van der Waals surface area contributed by atoms with Gasteiger partial charge >= 0.3 is 5.97 Å². The Morgan fingerprint density at radius 3 is 2.83 bits per heavy atom. The van der Waals surface area contributed by atoms with Crippen molar-refractivity contribution in [2.75, 3.05) is 13.7 Å². The van der Waals surface area contributed by atoms with Crippen molar-refractivity contribution in [3.63, 3.8) is 0 Å². The average Bonchev–Trinajstić information content (AvgIpc) is 2.40. The topological polar surface area (TPSA) is 52.6 Å². The van der Waals surface area contributed by atoms with E-state index in [1.54, 1.807) is 18.2 Å². The van der Waals surface area contributed by atoms with Gasteiger partial charge in [-0.2, -0.15) is 0 Å². The van der Waals surface area contributed by atoms with Gasteiger partial charge < -0.3 is 9.47 Å². The maximum Gasteiger partial charge on any atom is 0.317 e. The number of methoxy groups -OCH3 is 1. The maximum atomic E-state index is 10.9. The van der Waals surface area contributed by atoms with Gasteiger partial charge in [0.1, 0.15) is 12.2 Å². The van der Waals surface area contributed by atoms with E-state index in [1.807, 2.05) is 6.92 Å². The first-order chi connectivity index (χ1) is 8.71. The molecule has 0 saturated carbocycles. The Hall–Kier alpha value is -2.28. The minimum atomic E-state index is -0.385. The second kappa shape index (κ2) is 7.13. The Balaban J connectivity index is 2.85.